The molecule has 0 fully saturated rings. The van der Waals surface area contributed by atoms with Gasteiger partial charge in [0.15, 0.2) is 10.4 Å². The second-order valence-electron chi connectivity index (χ2n) is 4.70. The van der Waals surface area contributed by atoms with Gasteiger partial charge in [0.05, 0.1) is 6.54 Å². The van der Waals surface area contributed by atoms with Gasteiger partial charge < -0.3 is 10.2 Å². The maximum absolute atomic E-state index is 6.02. The number of hydrogen-bond acceptors (Lipinski definition) is 3. The third-order valence-corrected chi connectivity index (χ3v) is 3.48. The predicted molar refractivity (Wildman–Crippen MR) is 82.3 cm³/mol. The Kier molecular flexibility index (Phi) is 3.36. The van der Waals surface area contributed by atoms with Crippen LogP contribution in [0.25, 0.3) is 11.5 Å². The van der Waals surface area contributed by atoms with Gasteiger partial charge in [-0.2, -0.15) is 5.10 Å². The summed E-state index contributed by atoms with van der Waals surface area (Å²) >= 11 is 3.28. The third kappa shape index (κ3) is 2.63. The Bertz CT molecular complexity index is 745. The van der Waals surface area contributed by atoms with Gasteiger partial charge in [-0.15, -0.1) is 0 Å². The number of aryl methyl sites for hydroxylation is 1. The summed E-state index contributed by atoms with van der Waals surface area (Å²) in [6.45, 7) is 2.72. The minimum absolute atomic E-state index is 0.619. The highest BCUT2D eigenvalue weighted by Crippen LogP contribution is 2.25. The number of nitrogens with zero attached hydrogens (tertiary/aromatic N) is 2. The van der Waals surface area contributed by atoms with Gasteiger partial charge in [-0.05, 0) is 40.5 Å². The van der Waals surface area contributed by atoms with E-state index in [1.165, 1.54) is 11.1 Å². The Hall–Kier alpha value is -2.01. The van der Waals surface area contributed by atoms with Gasteiger partial charge in [-0.1, -0.05) is 29.8 Å². The normalized spacial score (nSPS) is 10.9. The first-order valence-corrected chi connectivity index (χ1v) is 7.06. The van der Waals surface area contributed by atoms with Crippen molar-refractivity contribution >= 4 is 21.7 Å². The molecule has 20 heavy (non-hydrogen) atoms. The molecule has 0 spiro atoms. The lowest BCUT2D eigenvalue weighted by atomic mass is 10.1. The fourth-order valence-corrected chi connectivity index (χ4v) is 2.42. The van der Waals surface area contributed by atoms with Crippen molar-refractivity contribution in [3.8, 4) is 11.5 Å². The molecule has 0 atom stereocenters. The van der Waals surface area contributed by atoms with Gasteiger partial charge in [0.25, 0.3) is 0 Å². The maximum Gasteiger partial charge on any atom is 0.169 e. The largest absolute Gasteiger partial charge is 0.448 e. The molecule has 0 amide bonds. The molecule has 0 bridgehead atoms. The van der Waals surface area contributed by atoms with Crippen LogP contribution in [0.4, 0.5) is 5.82 Å². The molecule has 3 aromatic rings. The molecule has 0 aliphatic rings. The SMILES string of the molecule is Cc1cccc(Cn2nc(-c3ccc(Br)o3)cc2N)c1. The molecular formula is C15H14BrN3O. The topological polar surface area (TPSA) is 57.0 Å². The Morgan fingerprint density at radius 2 is 2.10 bits per heavy atom. The monoisotopic (exact) mass is 331 g/mol. The van der Waals surface area contributed by atoms with Crippen LogP contribution in [0.1, 0.15) is 11.1 Å². The second kappa shape index (κ2) is 5.17. The molecule has 0 unspecified atom stereocenters. The predicted octanol–water partition coefficient (Wildman–Crippen LogP) is 3.84. The lowest BCUT2D eigenvalue weighted by Gasteiger charge is -2.04. The fraction of sp³-hybridized carbons (Fsp3) is 0.133. The minimum atomic E-state index is 0.619. The number of rotatable bonds is 3. The van der Waals surface area contributed by atoms with Crippen LogP contribution in [0, 0.1) is 6.92 Å². The molecule has 2 N–H and O–H groups in total. The van der Waals surface area contributed by atoms with Gasteiger partial charge in [0.1, 0.15) is 11.5 Å². The molecule has 0 radical (unpaired) electrons. The minimum Gasteiger partial charge on any atom is -0.448 e. The lowest BCUT2D eigenvalue weighted by molar-refractivity contribution is 0.551. The highest BCUT2D eigenvalue weighted by molar-refractivity contribution is 9.10. The van der Waals surface area contributed by atoms with Gasteiger partial charge in [-0.25, -0.2) is 4.68 Å². The molecule has 1 aromatic carbocycles. The Morgan fingerprint density at radius 1 is 1.25 bits per heavy atom. The van der Waals surface area contributed by atoms with E-state index in [-0.39, 0.29) is 0 Å². The molecule has 2 heterocycles. The number of nitrogens with two attached hydrogens (primary N) is 1. The van der Waals surface area contributed by atoms with Crippen molar-refractivity contribution in [1.82, 2.24) is 9.78 Å². The van der Waals surface area contributed by atoms with Crippen molar-refractivity contribution in [2.24, 2.45) is 0 Å². The first-order valence-electron chi connectivity index (χ1n) is 6.26. The maximum atomic E-state index is 6.02. The van der Waals surface area contributed by atoms with Crippen LogP contribution in [0.5, 0.6) is 0 Å². The molecule has 5 heteroatoms. The Balaban J connectivity index is 1.89. The molecule has 4 nitrogen and oxygen atoms in total. The highest BCUT2D eigenvalue weighted by atomic mass is 79.9. The summed E-state index contributed by atoms with van der Waals surface area (Å²) in [6.07, 6.45) is 0. The van der Waals surface area contributed by atoms with Crippen molar-refractivity contribution in [2.75, 3.05) is 5.73 Å². The number of nitrogen functional groups attached to an aromatic ring is 1. The Morgan fingerprint density at radius 3 is 2.80 bits per heavy atom. The summed E-state index contributed by atoms with van der Waals surface area (Å²) in [7, 11) is 0. The third-order valence-electron chi connectivity index (χ3n) is 3.05. The number of benzene rings is 1. The number of aromatic nitrogens is 2. The van der Waals surface area contributed by atoms with Crippen LogP contribution in [0.3, 0.4) is 0 Å². The molecule has 0 saturated carbocycles. The summed E-state index contributed by atoms with van der Waals surface area (Å²) in [6, 6.07) is 13.8. The van der Waals surface area contributed by atoms with E-state index >= 15 is 0 Å². The molecule has 0 aliphatic heterocycles. The lowest BCUT2D eigenvalue weighted by Crippen LogP contribution is -2.05. The zero-order valence-corrected chi connectivity index (χ0v) is 12.6. The number of hydrogen-bond donors (Lipinski definition) is 1. The van der Waals surface area contributed by atoms with Crippen LogP contribution < -0.4 is 5.73 Å². The molecule has 2 aromatic heterocycles. The summed E-state index contributed by atoms with van der Waals surface area (Å²) in [4.78, 5) is 0. The first kappa shape index (κ1) is 13.0. The number of halogens is 1. The van der Waals surface area contributed by atoms with Gasteiger partial charge in [-0.3, -0.25) is 0 Å². The van der Waals surface area contributed by atoms with Crippen LogP contribution in [-0.2, 0) is 6.54 Å². The number of furan rings is 1. The summed E-state index contributed by atoms with van der Waals surface area (Å²) < 4.78 is 7.95. The second-order valence-corrected chi connectivity index (χ2v) is 5.49. The van der Waals surface area contributed by atoms with Gasteiger partial charge >= 0.3 is 0 Å². The van der Waals surface area contributed by atoms with Crippen LogP contribution in [0.2, 0.25) is 0 Å². The van der Waals surface area contributed by atoms with Gasteiger partial charge in [0.2, 0.25) is 0 Å². The summed E-state index contributed by atoms with van der Waals surface area (Å²) in [5.41, 5.74) is 9.15. The van der Waals surface area contributed by atoms with E-state index in [1.807, 2.05) is 24.3 Å². The van der Waals surface area contributed by atoms with Crippen molar-refractivity contribution in [3.63, 3.8) is 0 Å². The fourth-order valence-electron chi connectivity index (χ4n) is 2.11. The Labute approximate surface area is 125 Å². The average Bonchev–Trinajstić information content (AvgIpc) is 2.97. The van der Waals surface area contributed by atoms with Crippen molar-refractivity contribution in [2.45, 2.75) is 13.5 Å². The van der Waals surface area contributed by atoms with Crippen molar-refractivity contribution in [3.05, 3.63) is 58.3 Å². The van der Waals surface area contributed by atoms with Crippen molar-refractivity contribution < 1.29 is 4.42 Å². The molecular weight excluding hydrogens is 318 g/mol. The van der Waals surface area contributed by atoms with E-state index in [9.17, 15) is 0 Å². The van der Waals surface area contributed by atoms with E-state index in [2.05, 4.69) is 46.2 Å². The number of anilines is 1. The summed E-state index contributed by atoms with van der Waals surface area (Å²) in [5.74, 6) is 1.32. The van der Waals surface area contributed by atoms with Crippen molar-refractivity contribution in [1.29, 1.82) is 0 Å². The molecule has 0 aliphatic carbocycles. The van der Waals surface area contributed by atoms with E-state index in [4.69, 9.17) is 10.2 Å². The van der Waals surface area contributed by atoms with E-state index in [0.29, 0.717) is 22.8 Å². The standard InChI is InChI=1S/C15H14BrN3O/c1-10-3-2-4-11(7-10)9-19-15(17)8-12(18-19)13-5-6-14(16)20-13/h2-8H,9,17H2,1H3. The van der Waals surface area contributed by atoms with E-state index in [0.717, 1.165) is 5.69 Å². The highest BCUT2D eigenvalue weighted by Gasteiger charge is 2.11. The zero-order chi connectivity index (χ0) is 14.1. The average molecular weight is 332 g/mol. The van der Waals surface area contributed by atoms with E-state index < -0.39 is 0 Å². The van der Waals surface area contributed by atoms with Crippen LogP contribution in [-0.4, -0.2) is 9.78 Å². The smallest absolute Gasteiger partial charge is 0.169 e. The molecule has 0 saturated heterocycles. The van der Waals surface area contributed by atoms with Gasteiger partial charge in [0, 0.05) is 6.07 Å². The quantitative estimate of drug-likeness (QED) is 0.793. The first-order chi connectivity index (χ1) is 9.61. The van der Waals surface area contributed by atoms with Crippen LogP contribution in [0.15, 0.2) is 51.6 Å². The molecule has 102 valence electrons. The summed E-state index contributed by atoms with van der Waals surface area (Å²) in [5, 5.41) is 4.50. The molecule has 3 rings (SSSR count). The van der Waals surface area contributed by atoms with Crippen LogP contribution >= 0.6 is 15.9 Å². The van der Waals surface area contributed by atoms with E-state index in [1.54, 1.807) is 4.68 Å². The zero-order valence-electron chi connectivity index (χ0n) is 11.0.